The number of nitrogens with zero attached hydrogens (tertiary/aromatic N) is 2. The van der Waals surface area contributed by atoms with E-state index >= 15 is 0 Å². The van der Waals surface area contributed by atoms with Crippen molar-refractivity contribution in [1.82, 2.24) is 9.78 Å². The second-order valence-electron chi connectivity index (χ2n) is 4.72. The zero-order valence-electron chi connectivity index (χ0n) is 11.1. The number of hydrogen-bond donors (Lipinski definition) is 1. The van der Waals surface area contributed by atoms with Gasteiger partial charge < -0.3 is 5.73 Å². The highest BCUT2D eigenvalue weighted by Gasteiger charge is 2.10. The van der Waals surface area contributed by atoms with E-state index in [1.54, 1.807) is 4.68 Å². The number of rotatable bonds is 3. The Bertz CT molecular complexity index is 783. The molecule has 0 radical (unpaired) electrons. The van der Waals surface area contributed by atoms with Crippen LogP contribution in [0, 0.1) is 0 Å². The van der Waals surface area contributed by atoms with Crippen LogP contribution < -0.4 is 5.73 Å². The third-order valence-corrected chi connectivity index (χ3v) is 4.01. The van der Waals surface area contributed by atoms with Crippen molar-refractivity contribution in [3.8, 4) is 11.3 Å². The van der Waals surface area contributed by atoms with Crippen molar-refractivity contribution >= 4 is 33.3 Å². The summed E-state index contributed by atoms with van der Waals surface area (Å²) in [6.07, 6.45) is 0. The van der Waals surface area contributed by atoms with Crippen molar-refractivity contribution in [3.63, 3.8) is 0 Å². The van der Waals surface area contributed by atoms with Crippen molar-refractivity contribution in [2.45, 2.75) is 6.54 Å². The monoisotopic (exact) mass is 361 g/mol. The number of anilines is 1. The molecule has 0 atom stereocenters. The number of hydrogen-bond acceptors (Lipinski definition) is 2. The molecule has 0 fully saturated rings. The lowest BCUT2D eigenvalue weighted by Gasteiger charge is -2.05. The first-order valence-corrected chi connectivity index (χ1v) is 7.63. The summed E-state index contributed by atoms with van der Waals surface area (Å²) in [6, 6.07) is 17.5. The molecule has 0 saturated heterocycles. The molecule has 0 aliphatic heterocycles. The Kier molecular flexibility index (Phi) is 3.99. The zero-order chi connectivity index (χ0) is 14.8. The molecule has 1 aromatic heterocycles. The van der Waals surface area contributed by atoms with Crippen molar-refractivity contribution in [1.29, 1.82) is 0 Å². The van der Waals surface area contributed by atoms with Gasteiger partial charge in [0.2, 0.25) is 0 Å². The molecular formula is C16H13BrClN3. The van der Waals surface area contributed by atoms with Gasteiger partial charge in [-0.25, -0.2) is 4.68 Å². The largest absolute Gasteiger partial charge is 0.384 e. The lowest BCUT2D eigenvalue weighted by molar-refractivity contribution is 0.699. The summed E-state index contributed by atoms with van der Waals surface area (Å²) in [4.78, 5) is 0. The highest BCUT2D eigenvalue weighted by molar-refractivity contribution is 9.10. The number of nitrogen functional groups attached to an aromatic ring is 1. The van der Waals surface area contributed by atoms with Crippen molar-refractivity contribution < 1.29 is 0 Å². The van der Waals surface area contributed by atoms with Gasteiger partial charge in [-0.3, -0.25) is 0 Å². The van der Waals surface area contributed by atoms with Gasteiger partial charge in [0.05, 0.1) is 17.3 Å². The average Bonchev–Trinajstić information content (AvgIpc) is 2.80. The molecule has 0 unspecified atom stereocenters. The fourth-order valence-corrected chi connectivity index (χ4v) is 2.85. The smallest absolute Gasteiger partial charge is 0.122 e. The van der Waals surface area contributed by atoms with E-state index in [9.17, 15) is 0 Å². The zero-order valence-corrected chi connectivity index (χ0v) is 13.5. The lowest BCUT2D eigenvalue weighted by Crippen LogP contribution is -2.05. The molecule has 2 aromatic carbocycles. The predicted octanol–water partition coefficient (Wildman–Crippen LogP) is 4.60. The van der Waals surface area contributed by atoms with Crippen LogP contribution in [0.4, 0.5) is 5.82 Å². The highest BCUT2D eigenvalue weighted by atomic mass is 79.9. The quantitative estimate of drug-likeness (QED) is 0.740. The first-order valence-electron chi connectivity index (χ1n) is 6.46. The Morgan fingerprint density at radius 2 is 1.90 bits per heavy atom. The molecule has 1 heterocycles. The summed E-state index contributed by atoms with van der Waals surface area (Å²) < 4.78 is 2.82. The second-order valence-corrected chi connectivity index (χ2v) is 6.04. The number of nitrogens with two attached hydrogens (primary N) is 1. The molecule has 3 aromatic rings. The Morgan fingerprint density at radius 3 is 2.67 bits per heavy atom. The van der Waals surface area contributed by atoms with E-state index < -0.39 is 0 Å². The molecule has 5 heteroatoms. The fraction of sp³-hybridized carbons (Fsp3) is 0.0625. The second kappa shape index (κ2) is 5.92. The van der Waals surface area contributed by atoms with E-state index in [1.807, 2.05) is 48.5 Å². The molecule has 0 aliphatic carbocycles. The molecule has 2 N–H and O–H groups in total. The third-order valence-electron chi connectivity index (χ3n) is 3.18. The molecule has 0 amide bonds. The van der Waals surface area contributed by atoms with Gasteiger partial charge in [-0.2, -0.15) is 5.10 Å². The molecule has 106 valence electrons. The standard InChI is InChI=1S/C16H13BrClN3/c17-12-5-3-4-11(8-12)10-21-16(19)9-15(20-21)13-6-1-2-7-14(13)18/h1-9H,10,19H2. The summed E-state index contributed by atoms with van der Waals surface area (Å²) in [5, 5.41) is 5.23. The van der Waals surface area contributed by atoms with Crippen LogP contribution in [-0.4, -0.2) is 9.78 Å². The summed E-state index contributed by atoms with van der Waals surface area (Å²) >= 11 is 9.67. The van der Waals surface area contributed by atoms with Crippen LogP contribution in [-0.2, 0) is 6.54 Å². The van der Waals surface area contributed by atoms with E-state index in [-0.39, 0.29) is 0 Å². The predicted molar refractivity (Wildman–Crippen MR) is 90.3 cm³/mol. The molecule has 21 heavy (non-hydrogen) atoms. The maximum absolute atomic E-state index is 6.21. The average molecular weight is 363 g/mol. The van der Waals surface area contributed by atoms with Crippen LogP contribution in [0.1, 0.15) is 5.56 Å². The summed E-state index contributed by atoms with van der Waals surface area (Å²) in [6.45, 7) is 0.621. The molecule has 3 nitrogen and oxygen atoms in total. The molecular weight excluding hydrogens is 350 g/mol. The van der Waals surface area contributed by atoms with Crippen LogP contribution in [0.15, 0.2) is 59.1 Å². The van der Waals surface area contributed by atoms with Crippen molar-refractivity contribution in [2.24, 2.45) is 0 Å². The van der Waals surface area contributed by atoms with Gasteiger partial charge in [-0.1, -0.05) is 57.9 Å². The van der Waals surface area contributed by atoms with Crippen LogP contribution >= 0.6 is 27.5 Å². The van der Waals surface area contributed by atoms with Crippen LogP contribution in [0.2, 0.25) is 5.02 Å². The van der Waals surface area contributed by atoms with Crippen molar-refractivity contribution in [2.75, 3.05) is 5.73 Å². The summed E-state index contributed by atoms with van der Waals surface area (Å²) in [5.74, 6) is 0.616. The van der Waals surface area contributed by atoms with Gasteiger partial charge in [0.1, 0.15) is 5.82 Å². The SMILES string of the molecule is Nc1cc(-c2ccccc2Cl)nn1Cc1cccc(Br)c1. The van der Waals surface area contributed by atoms with Crippen molar-refractivity contribution in [3.05, 3.63) is 69.7 Å². The normalized spacial score (nSPS) is 10.8. The molecule has 0 saturated carbocycles. The van der Waals surface area contributed by atoms with Gasteiger partial charge in [0.25, 0.3) is 0 Å². The number of aromatic nitrogens is 2. The summed E-state index contributed by atoms with van der Waals surface area (Å²) in [5.41, 5.74) is 8.86. The molecule has 0 spiro atoms. The van der Waals surface area contributed by atoms with Gasteiger partial charge in [-0.05, 0) is 23.8 Å². The van der Waals surface area contributed by atoms with E-state index in [4.69, 9.17) is 17.3 Å². The van der Waals surface area contributed by atoms with Crippen LogP contribution in [0.5, 0.6) is 0 Å². The minimum atomic E-state index is 0.616. The molecule has 0 aliphatic rings. The van der Waals surface area contributed by atoms with Crippen LogP contribution in [0.3, 0.4) is 0 Å². The Balaban J connectivity index is 1.93. The number of halogens is 2. The van der Waals surface area contributed by atoms with E-state index in [0.29, 0.717) is 17.4 Å². The van der Waals surface area contributed by atoms with E-state index in [0.717, 1.165) is 21.3 Å². The minimum Gasteiger partial charge on any atom is -0.384 e. The first-order chi connectivity index (χ1) is 10.1. The maximum Gasteiger partial charge on any atom is 0.122 e. The van der Waals surface area contributed by atoms with Crippen LogP contribution in [0.25, 0.3) is 11.3 Å². The Labute approximate surface area is 136 Å². The van der Waals surface area contributed by atoms with Gasteiger partial charge in [-0.15, -0.1) is 0 Å². The first kappa shape index (κ1) is 14.2. The Morgan fingerprint density at radius 1 is 1.10 bits per heavy atom. The molecule has 0 bridgehead atoms. The topological polar surface area (TPSA) is 43.8 Å². The summed E-state index contributed by atoms with van der Waals surface area (Å²) in [7, 11) is 0. The van der Waals surface area contributed by atoms with Gasteiger partial charge in [0.15, 0.2) is 0 Å². The fourth-order valence-electron chi connectivity index (χ4n) is 2.17. The van der Waals surface area contributed by atoms with E-state index in [1.165, 1.54) is 0 Å². The molecule has 3 rings (SSSR count). The highest BCUT2D eigenvalue weighted by Crippen LogP contribution is 2.28. The van der Waals surface area contributed by atoms with Gasteiger partial charge >= 0.3 is 0 Å². The maximum atomic E-state index is 6.21. The Hall–Kier alpha value is -1.78. The van der Waals surface area contributed by atoms with Gasteiger partial charge in [0, 0.05) is 16.1 Å². The lowest BCUT2D eigenvalue weighted by atomic mass is 10.1. The van der Waals surface area contributed by atoms with E-state index in [2.05, 4.69) is 27.1 Å². The number of benzene rings is 2. The minimum absolute atomic E-state index is 0.616. The third kappa shape index (κ3) is 3.12.